The van der Waals surface area contributed by atoms with Gasteiger partial charge < -0.3 is 0 Å². The lowest BCUT2D eigenvalue weighted by molar-refractivity contribution is 0.112. The molecule has 3 nitrogen and oxygen atoms in total. The average molecular weight is 317 g/mol. The van der Waals surface area contributed by atoms with Crippen LogP contribution in [0.15, 0.2) is 54.7 Å². The predicted molar refractivity (Wildman–Crippen MR) is 84.4 cm³/mol. The molecule has 0 saturated carbocycles. The Balaban J connectivity index is 2.17. The number of carbonyl (C=O) groups excluding carboxylic acids is 1. The van der Waals surface area contributed by atoms with Crippen LogP contribution in [0, 0.1) is 0 Å². The molecule has 21 heavy (non-hydrogen) atoms. The Morgan fingerprint density at radius 3 is 2.52 bits per heavy atom. The van der Waals surface area contributed by atoms with E-state index in [0.717, 1.165) is 12.0 Å². The topological polar surface area (TPSA) is 34.9 Å². The van der Waals surface area contributed by atoms with E-state index in [1.54, 1.807) is 29.1 Å². The largest absolute Gasteiger partial charge is 0.298 e. The number of nitrogens with zero attached hydrogens (tertiary/aromatic N) is 2. The van der Waals surface area contributed by atoms with Crippen LogP contribution in [-0.4, -0.2) is 16.1 Å². The van der Waals surface area contributed by atoms with E-state index in [2.05, 4.69) is 5.10 Å². The summed E-state index contributed by atoms with van der Waals surface area (Å²) in [5, 5.41) is 5.51. The number of aromatic nitrogens is 2. The second-order valence-electron chi connectivity index (χ2n) is 4.46. The highest BCUT2D eigenvalue weighted by molar-refractivity contribution is 6.35. The van der Waals surface area contributed by atoms with Crippen molar-refractivity contribution in [2.24, 2.45) is 0 Å². The molecule has 0 atom stereocenters. The van der Waals surface area contributed by atoms with Crippen LogP contribution < -0.4 is 0 Å². The maximum Gasteiger partial charge on any atom is 0.153 e. The van der Waals surface area contributed by atoms with Gasteiger partial charge in [0, 0.05) is 16.8 Å². The minimum absolute atomic E-state index is 0.461. The maximum absolute atomic E-state index is 11.3. The molecule has 3 aromatic rings. The second kappa shape index (κ2) is 5.72. The van der Waals surface area contributed by atoms with Gasteiger partial charge in [0.1, 0.15) is 5.69 Å². The highest BCUT2D eigenvalue weighted by Gasteiger charge is 2.14. The van der Waals surface area contributed by atoms with Crippen molar-refractivity contribution < 1.29 is 4.79 Å². The third-order valence-corrected chi connectivity index (χ3v) is 3.64. The zero-order valence-corrected chi connectivity index (χ0v) is 12.3. The van der Waals surface area contributed by atoms with Crippen molar-refractivity contribution >= 4 is 29.5 Å². The van der Waals surface area contributed by atoms with Crippen LogP contribution in [-0.2, 0) is 0 Å². The molecule has 0 aliphatic heterocycles. The molecule has 0 saturated heterocycles. The van der Waals surface area contributed by atoms with Crippen molar-refractivity contribution in [1.82, 2.24) is 9.78 Å². The molecule has 0 fully saturated rings. The molecule has 0 radical (unpaired) electrons. The van der Waals surface area contributed by atoms with Gasteiger partial charge in [-0.2, -0.15) is 5.10 Å². The van der Waals surface area contributed by atoms with Gasteiger partial charge in [-0.1, -0.05) is 41.4 Å². The summed E-state index contributed by atoms with van der Waals surface area (Å²) in [6.07, 6.45) is 2.44. The Labute approximate surface area is 131 Å². The monoisotopic (exact) mass is 316 g/mol. The number of para-hydroxylation sites is 1. The second-order valence-corrected chi connectivity index (χ2v) is 5.30. The highest BCUT2D eigenvalue weighted by atomic mass is 35.5. The summed E-state index contributed by atoms with van der Waals surface area (Å²) in [6.45, 7) is 0. The smallest absolute Gasteiger partial charge is 0.153 e. The van der Waals surface area contributed by atoms with Gasteiger partial charge in [0.2, 0.25) is 0 Å². The summed E-state index contributed by atoms with van der Waals surface area (Å²) in [7, 11) is 0. The molecule has 5 heteroatoms. The Hall–Kier alpha value is -2.10. The van der Waals surface area contributed by atoms with Crippen LogP contribution in [0.5, 0.6) is 0 Å². The Morgan fingerprint density at radius 1 is 1.05 bits per heavy atom. The van der Waals surface area contributed by atoms with E-state index < -0.39 is 0 Å². The Morgan fingerprint density at radius 2 is 1.81 bits per heavy atom. The molecule has 2 aromatic carbocycles. The Bertz CT molecular complexity index is 797. The van der Waals surface area contributed by atoms with Crippen LogP contribution in [0.25, 0.3) is 16.9 Å². The standard InChI is InChI=1S/C16H10Cl2N2O/c17-12-6-7-15(18)14(8-12)16-11(10-21)9-20(19-16)13-4-2-1-3-5-13/h1-10H. The third-order valence-electron chi connectivity index (χ3n) is 3.07. The van der Waals surface area contributed by atoms with Gasteiger partial charge in [-0.15, -0.1) is 0 Å². The van der Waals surface area contributed by atoms with Crippen LogP contribution >= 0.6 is 23.2 Å². The molecule has 3 rings (SSSR count). The van der Waals surface area contributed by atoms with Crippen molar-refractivity contribution in [2.45, 2.75) is 0 Å². The van der Waals surface area contributed by atoms with E-state index in [4.69, 9.17) is 23.2 Å². The number of benzene rings is 2. The van der Waals surface area contributed by atoms with Gasteiger partial charge >= 0.3 is 0 Å². The third kappa shape index (κ3) is 2.71. The van der Waals surface area contributed by atoms with Crippen molar-refractivity contribution in [1.29, 1.82) is 0 Å². The minimum atomic E-state index is 0.461. The molecule has 0 N–H and O–H groups in total. The number of hydrogen-bond donors (Lipinski definition) is 0. The van der Waals surface area contributed by atoms with E-state index in [1.165, 1.54) is 0 Å². The van der Waals surface area contributed by atoms with Crippen LogP contribution in [0.1, 0.15) is 10.4 Å². The van der Waals surface area contributed by atoms with E-state index >= 15 is 0 Å². The van der Waals surface area contributed by atoms with Gasteiger partial charge in [-0.25, -0.2) is 4.68 Å². The summed E-state index contributed by atoms with van der Waals surface area (Å²) in [5.41, 5.74) is 2.48. The molecular weight excluding hydrogens is 307 g/mol. The number of halogens is 2. The predicted octanol–water partition coefficient (Wildman–Crippen LogP) is 4.66. The zero-order valence-electron chi connectivity index (χ0n) is 10.8. The van der Waals surface area contributed by atoms with E-state index in [9.17, 15) is 4.79 Å². The van der Waals surface area contributed by atoms with Crippen molar-refractivity contribution in [3.63, 3.8) is 0 Å². The first kappa shape index (κ1) is 13.9. The summed E-state index contributed by atoms with van der Waals surface area (Å²) in [6, 6.07) is 14.6. The van der Waals surface area contributed by atoms with Gasteiger partial charge in [0.15, 0.2) is 6.29 Å². The maximum atomic E-state index is 11.3. The van der Waals surface area contributed by atoms with Gasteiger partial charge in [-0.3, -0.25) is 4.79 Å². The fourth-order valence-corrected chi connectivity index (χ4v) is 2.45. The molecule has 1 aromatic heterocycles. The molecule has 0 aliphatic carbocycles. The van der Waals surface area contributed by atoms with E-state index in [0.29, 0.717) is 26.9 Å². The van der Waals surface area contributed by atoms with Crippen molar-refractivity contribution in [2.75, 3.05) is 0 Å². The van der Waals surface area contributed by atoms with E-state index in [-0.39, 0.29) is 0 Å². The summed E-state index contributed by atoms with van der Waals surface area (Å²) < 4.78 is 1.65. The van der Waals surface area contributed by atoms with Crippen LogP contribution in [0.2, 0.25) is 10.0 Å². The zero-order chi connectivity index (χ0) is 14.8. The number of carbonyl (C=O) groups is 1. The van der Waals surface area contributed by atoms with Gasteiger partial charge in [0.05, 0.1) is 16.3 Å². The lowest BCUT2D eigenvalue weighted by Gasteiger charge is -2.03. The quantitative estimate of drug-likeness (QED) is 0.659. The SMILES string of the molecule is O=Cc1cn(-c2ccccc2)nc1-c1cc(Cl)ccc1Cl. The first-order valence-corrected chi connectivity index (χ1v) is 7.00. The molecular formula is C16H10Cl2N2O. The summed E-state index contributed by atoms with van der Waals surface area (Å²) in [4.78, 5) is 11.3. The normalized spacial score (nSPS) is 10.6. The van der Waals surface area contributed by atoms with Gasteiger partial charge in [0.25, 0.3) is 0 Å². The minimum Gasteiger partial charge on any atom is -0.298 e. The first-order valence-electron chi connectivity index (χ1n) is 6.25. The first-order chi connectivity index (χ1) is 10.2. The average Bonchev–Trinajstić information content (AvgIpc) is 2.94. The molecule has 0 aliphatic rings. The fraction of sp³-hybridized carbons (Fsp3) is 0. The molecule has 104 valence electrons. The lowest BCUT2D eigenvalue weighted by Crippen LogP contribution is -1.94. The Kier molecular flexibility index (Phi) is 3.78. The van der Waals surface area contributed by atoms with Crippen molar-refractivity contribution in [3.8, 4) is 16.9 Å². The molecule has 0 amide bonds. The van der Waals surface area contributed by atoms with E-state index in [1.807, 2.05) is 30.3 Å². The fourth-order valence-electron chi connectivity index (χ4n) is 2.07. The highest BCUT2D eigenvalue weighted by Crippen LogP contribution is 2.31. The molecule has 0 spiro atoms. The summed E-state index contributed by atoms with van der Waals surface area (Å²) >= 11 is 12.2. The van der Waals surface area contributed by atoms with Crippen molar-refractivity contribution in [3.05, 3.63) is 70.3 Å². The number of rotatable bonds is 3. The lowest BCUT2D eigenvalue weighted by atomic mass is 10.1. The summed E-state index contributed by atoms with van der Waals surface area (Å²) in [5.74, 6) is 0. The van der Waals surface area contributed by atoms with Gasteiger partial charge in [-0.05, 0) is 30.3 Å². The number of hydrogen-bond acceptors (Lipinski definition) is 2. The number of aldehydes is 1. The van der Waals surface area contributed by atoms with Crippen LogP contribution in [0.3, 0.4) is 0 Å². The van der Waals surface area contributed by atoms with Crippen LogP contribution in [0.4, 0.5) is 0 Å². The molecule has 1 heterocycles. The molecule has 0 unspecified atom stereocenters. The molecule has 0 bridgehead atoms.